The molecule has 4 aliphatic rings. The van der Waals surface area contributed by atoms with E-state index in [1.807, 2.05) is 0 Å². The van der Waals surface area contributed by atoms with Gasteiger partial charge in [0.25, 0.3) is 0 Å². The zero-order chi connectivity index (χ0) is 19.3. The lowest BCUT2D eigenvalue weighted by molar-refractivity contribution is -0.335. The molecule has 4 saturated heterocycles. The maximum atomic E-state index is 10.3. The summed E-state index contributed by atoms with van der Waals surface area (Å²) in [6, 6.07) is 0. The molecule has 4 fully saturated rings. The van der Waals surface area contributed by atoms with Crippen LogP contribution < -0.4 is 0 Å². The lowest BCUT2D eigenvalue weighted by atomic mass is 10.0. The minimum absolute atomic E-state index is 0.0489. The second-order valence-corrected chi connectivity index (χ2v) is 7.07. The summed E-state index contributed by atoms with van der Waals surface area (Å²) < 4.78 is 31.9. The predicted molar refractivity (Wildman–Crippen MR) is 79.9 cm³/mol. The van der Waals surface area contributed by atoms with E-state index in [0.717, 1.165) is 0 Å². The molecule has 0 amide bonds. The first-order valence-electron chi connectivity index (χ1n) is 8.76. The summed E-state index contributed by atoms with van der Waals surface area (Å²) in [5, 5.41) is 59.1. The second-order valence-electron chi connectivity index (χ2n) is 7.07. The van der Waals surface area contributed by atoms with Gasteiger partial charge >= 0.3 is 0 Å². The van der Waals surface area contributed by atoms with E-state index in [4.69, 9.17) is 28.4 Å². The van der Waals surface area contributed by atoms with Crippen LogP contribution in [0.25, 0.3) is 0 Å². The van der Waals surface area contributed by atoms with Crippen molar-refractivity contribution in [3.63, 3.8) is 0 Å². The van der Waals surface area contributed by atoms with E-state index in [1.54, 1.807) is 0 Å². The minimum atomic E-state index is -1.53. The smallest absolute Gasteiger partial charge is 0.186 e. The van der Waals surface area contributed by atoms with Gasteiger partial charge in [0.1, 0.15) is 54.9 Å². The van der Waals surface area contributed by atoms with E-state index in [0.29, 0.717) is 0 Å². The van der Waals surface area contributed by atoms with E-state index in [1.165, 1.54) is 0 Å². The Morgan fingerprint density at radius 2 is 1.19 bits per heavy atom. The molecule has 0 aromatic heterocycles. The average Bonchev–Trinajstić information content (AvgIpc) is 3.45. The van der Waals surface area contributed by atoms with E-state index < -0.39 is 67.7 Å². The van der Waals surface area contributed by atoms with E-state index in [2.05, 4.69) is 0 Å². The fraction of sp³-hybridized carbons (Fsp3) is 1.00. The van der Waals surface area contributed by atoms with Crippen molar-refractivity contribution in [1.82, 2.24) is 0 Å². The van der Waals surface area contributed by atoms with Crippen molar-refractivity contribution < 1.29 is 59.1 Å². The van der Waals surface area contributed by atoms with Crippen LogP contribution in [0.4, 0.5) is 0 Å². The molecule has 0 spiro atoms. The van der Waals surface area contributed by atoms with Crippen LogP contribution >= 0.6 is 0 Å². The van der Waals surface area contributed by atoms with Gasteiger partial charge in [-0.1, -0.05) is 0 Å². The first-order chi connectivity index (χ1) is 12.9. The van der Waals surface area contributed by atoms with Crippen LogP contribution in [-0.2, 0) is 28.4 Å². The maximum absolute atomic E-state index is 10.3. The highest BCUT2D eigenvalue weighted by Crippen LogP contribution is 2.36. The number of hydrogen-bond donors (Lipinski definition) is 6. The van der Waals surface area contributed by atoms with Crippen molar-refractivity contribution in [2.24, 2.45) is 0 Å². The third kappa shape index (κ3) is 3.85. The molecule has 27 heavy (non-hydrogen) atoms. The molecule has 4 rings (SSSR count). The van der Waals surface area contributed by atoms with E-state index in [9.17, 15) is 30.6 Å². The SMILES string of the molecule is OC1OC[C@@H](O[C@@H]2OC[C@@H](O[C@@H]3OC[C@@H](O)[C@H](O)[C@H]3O)[C@H](O)[C@H]2O)[C@H]2O[C@@H]12. The average molecular weight is 396 g/mol. The Labute approximate surface area is 153 Å². The predicted octanol–water partition coefficient (Wildman–Crippen LogP) is -4.61. The van der Waals surface area contributed by atoms with Gasteiger partial charge in [-0.05, 0) is 0 Å². The molecule has 12 atom stereocenters. The summed E-state index contributed by atoms with van der Waals surface area (Å²) in [5.41, 5.74) is 0. The molecule has 0 aromatic carbocycles. The first kappa shape index (κ1) is 19.8. The molecule has 4 heterocycles. The summed E-state index contributed by atoms with van der Waals surface area (Å²) in [7, 11) is 0. The number of rotatable bonds is 4. The van der Waals surface area contributed by atoms with Gasteiger partial charge in [-0.15, -0.1) is 0 Å². The Bertz CT molecular complexity index is 521. The largest absolute Gasteiger partial charge is 0.388 e. The lowest BCUT2D eigenvalue weighted by Gasteiger charge is -2.42. The molecule has 4 aliphatic heterocycles. The standard InChI is InChI=1S/C15H24O12/c16-4-1-23-14(9(19)7(4)17)25-5-2-24-15(10(20)8(5)18)26-6-3-22-13(21)12-11(6)27-12/h4-21H,1-3H2/t4-,5-,6-,7+,8+,9-,10-,11-,12-,13?,14+,15+/m1/s1. The van der Waals surface area contributed by atoms with Gasteiger partial charge in [-0.2, -0.15) is 0 Å². The molecule has 0 radical (unpaired) electrons. The van der Waals surface area contributed by atoms with Crippen molar-refractivity contribution >= 4 is 0 Å². The molecule has 0 aromatic rings. The van der Waals surface area contributed by atoms with Gasteiger partial charge in [0.15, 0.2) is 18.9 Å². The molecule has 0 aliphatic carbocycles. The zero-order valence-corrected chi connectivity index (χ0v) is 14.2. The van der Waals surface area contributed by atoms with Crippen molar-refractivity contribution in [3.8, 4) is 0 Å². The monoisotopic (exact) mass is 396 g/mol. The zero-order valence-electron chi connectivity index (χ0n) is 14.2. The third-order valence-electron chi connectivity index (χ3n) is 5.15. The summed E-state index contributed by atoms with van der Waals surface area (Å²) in [5.74, 6) is 0. The van der Waals surface area contributed by atoms with Gasteiger partial charge in [0.05, 0.1) is 19.8 Å². The minimum Gasteiger partial charge on any atom is -0.388 e. The molecular formula is C15H24O12. The molecular weight excluding hydrogens is 372 g/mol. The first-order valence-corrected chi connectivity index (χ1v) is 8.76. The Balaban J connectivity index is 1.30. The van der Waals surface area contributed by atoms with Crippen LogP contribution in [0.2, 0.25) is 0 Å². The van der Waals surface area contributed by atoms with Gasteiger partial charge in [0.2, 0.25) is 0 Å². The normalized spacial score (nSPS) is 55.8. The number of epoxide rings is 1. The highest BCUT2D eigenvalue weighted by atomic mass is 16.8. The number of aliphatic hydroxyl groups is 6. The van der Waals surface area contributed by atoms with E-state index >= 15 is 0 Å². The maximum Gasteiger partial charge on any atom is 0.186 e. The second kappa shape index (κ2) is 7.74. The molecule has 156 valence electrons. The molecule has 12 heteroatoms. The Kier molecular flexibility index (Phi) is 5.68. The molecule has 0 saturated carbocycles. The van der Waals surface area contributed by atoms with Crippen LogP contribution in [0.1, 0.15) is 0 Å². The van der Waals surface area contributed by atoms with Gasteiger partial charge in [-0.3, -0.25) is 0 Å². The fourth-order valence-corrected chi connectivity index (χ4v) is 3.42. The Hall–Kier alpha value is -0.480. The van der Waals surface area contributed by atoms with Crippen LogP contribution in [0.15, 0.2) is 0 Å². The number of hydrogen-bond acceptors (Lipinski definition) is 12. The summed E-state index contributed by atoms with van der Waals surface area (Å²) in [6.45, 7) is -0.385. The van der Waals surface area contributed by atoms with Crippen molar-refractivity contribution in [2.45, 2.75) is 73.8 Å². The summed E-state index contributed by atoms with van der Waals surface area (Å²) in [4.78, 5) is 0. The van der Waals surface area contributed by atoms with Crippen molar-refractivity contribution in [2.75, 3.05) is 19.8 Å². The Morgan fingerprint density at radius 1 is 0.593 bits per heavy atom. The highest BCUT2D eigenvalue weighted by Gasteiger charge is 2.56. The van der Waals surface area contributed by atoms with E-state index in [-0.39, 0.29) is 25.9 Å². The molecule has 1 unspecified atom stereocenters. The van der Waals surface area contributed by atoms with Gasteiger partial charge < -0.3 is 59.1 Å². The van der Waals surface area contributed by atoms with Crippen molar-refractivity contribution in [1.29, 1.82) is 0 Å². The number of aliphatic hydroxyl groups excluding tert-OH is 6. The number of ether oxygens (including phenoxy) is 6. The van der Waals surface area contributed by atoms with Crippen molar-refractivity contribution in [3.05, 3.63) is 0 Å². The van der Waals surface area contributed by atoms with Crippen LogP contribution in [0.3, 0.4) is 0 Å². The van der Waals surface area contributed by atoms with Gasteiger partial charge in [-0.25, -0.2) is 0 Å². The quantitative estimate of drug-likeness (QED) is 0.251. The summed E-state index contributed by atoms with van der Waals surface area (Å²) in [6.07, 6.45) is -13.1. The third-order valence-corrected chi connectivity index (χ3v) is 5.15. The molecule has 6 N–H and O–H groups in total. The molecule has 12 nitrogen and oxygen atoms in total. The fourth-order valence-electron chi connectivity index (χ4n) is 3.42. The highest BCUT2D eigenvalue weighted by molar-refractivity contribution is 4.98. The topological polar surface area (TPSA) is 180 Å². The Morgan fingerprint density at radius 3 is 1.93 bits per heavy atom. The van der Waals surface area contributed by atoms with Gasteiger partial charge in [0, 0.05) is 0 Å². The molecule has 0 bridgehead atoms. The van der Waals surface area contributed by atoms with Crippen LogP contribution in [-0.4, -0.2) is 124 Å². The summed E-state index contributed by atoms with van der Waals surface area (Å²) >= 11 is 0. The number of fused-ring (bicyclic) bond motifs is 1. The van der Waals surface area contributed by atoms with Crippen LogP contribution in [0, 0.1) is 0 Å². The lowest BCUT2D eigenvalue weighted by Crippen LogP contribution is -2.60. The van der Waals surface area contributed by atoms with Crippen LogP contribution in [0.5, 0.6) is 0 Å².